The lowest BCUT2D eigenvalue weighted by Gasteiger charge is -2.25. The van der Waals surface area contributed by atoms with E-state index in [2.05, 4.69) is 17.9 Å². The normalized spacial score (nSPS) is 26.5. The highest BCUT2D eigenvalue weighted by Gasteiger charge is 2.19. The van der Waals surface area contributed by atoms with Gasteiger partial charge in [-0.2, -0.15) is 5.26 Å². The molecular formula is C11H20N2O. The summed E-state index contributed by atoms with van der Waals surface area (Å²) >= 11 is 0. The summed E-state index contributed by atoms with van der Waals surface area (Å²) in [6.45, 7) is 4.32. The molecule has 14 heavy (non-hydrogen) atoms. The second-order valence-corrected chi connectivity index (χ2v) is 4.04. The van der Waals surface area contributed by atoms with Crippen LogP contribution in [0.3, 0.4) is 0 Å². The van der Waals surface area contributed by atoms with Gasteiger partial charge in [-0.1, -0.05) is 0 Å². The second-order valence-electron chi connectivity index (χ2n) is 4.04. The number of hydrogen-bond donors (Lipinski definition) is 0. The van der Waals surface area contributed by atoms with E-state index in [1.165, 1.54) is 6.42 Å². The molecule has 1 aliphatic rings. The zero-order valence-corrected chi connectivity index (χ0v) is 9.20. The molecule has 0 N–H and O–H groups in total. The van der Waals surface area contributed by atoms with E-state index in [1.54, 1.807) is 7.11 Å². The van der Waals surface area contributed by atoms with E-state index in [1.807, 2.05) is 0 Å². The van der Waals surface area contributed by atoms with Crippen LogP contribution in [-0.4, -0.2) is 37.2 Å². The molecule has 0 radical (unpaired) electrons. The van der Waals surface area contributed by atoms with Gasteiger partial charge in [0.1, 0.15) is 0 Å². The monoisotopic (exact) mass is 196 g/mol. The second kappa shape index (κ2) is 6.00. The predicted molar refractivity (Wildman–Crippen MR) is 55.9 cm³/mol. The fraction of sp³-hybridized carbons (Fsp3) is 0.909. The summed E-state index contributed by atoms with van der Waals surface area (Å²) in [6, 6.07) is 2.64. The number of likely N-dealkylation sites (tertiary alicyclic amines) is 1. The van der Waals surface area contributed by atoms with Gasteiger partial charge in [-0.25, -0.2) is 0 Å². The van der Waals surface area contributed by atoms with Crippen molar-refractivity contribution in [1.82, 2.24) is 4.90 Å². The summed E-state index contributed by atoms with van der Waals surface area (Å²) in [5, 5.41) is 8.63. The van der Waals surface area contributed by atoms with Crippen molar-refractivity contribution in [2.45, 2.75) is 44.8 Å². The average molecular weight is 196 g/mol. The first-order valence-electron chi connectivity index (χ1n) is 5.41. The van der Waals surface area contributed by atoms with Crippen LogP contribution in [0.1, 0.15) is 32.6 Å². The number of methoxy groups -OCH3 is 1. The van der Waals surface area contributed by atoms with E-state index in [9.17, 15) is 0 Å². The fourth-order valence-electron chi connectivity index (χ4n) is 2.03. The van der Waals surface area contributed by atoms with E-state index in [0.717, 1.165) is 25.9 Å². The van der Waals surface area contributed by atoms with Gasteiger partial charge in [0.25, 0.3) is 0 Å². The Hall–Kier alpha value is -0.590. The molecule has 80 valence electrons. The number of rotatable bonds is 3. The van der Waals surface area contributed by atoms with Gasteiger partial charge in [-0.3, -0.25) is 4.90 Å². The van der Waals surface area contributed by atoms with Crippen LogP contribution in [0.15, 0.2) is 0 Å². The van der Waals surface area contributed by atoms with Gasteiger partial charge in [-0.05, 0) is 32.7 Å². The summed E-state index contributed by atoms with van der Waals surface area (Å²) in [5.74, 6) is 0. The minimum absolute atomic E-state index is 0.399. The molecule has 0 spiro atoms. The van der Waals surface area contributed by atoms with Crippen LogP contribution in [0.25, 0.3) is 0 Å². The molecule has 3 nitrogen and oxygen atoms in total. The first kappa shape index (κ1) is 11.5. The molecule has 1 rings (SSSR count). The molecule has 2 atom stereocenters. The van der Waals surface area contributed by atoms with Gasteiger partial charge < -0.3 is 4.74 Å². The summed E-state index contributed by atoms with van der Waals surface area (Å²) in [4.78, 5) is 2.41. The standard InChI is InChI=1S/C11H20N2O/c1-10(5-7-12)13-8-3-4-11(14-2)6-9-13/h10-11H,3-6,8-9H2,1-2H3. The molecule has 0 amide bonds. The van der Waals surface area contributed by atoms with Gasteiger partial charge >= 0.3 is 0 Å². The summed E-state index contributed by atoms with van der Waals surface area (Å²) in [7, 11) is 1.79. The molecule has 1 aliphatic heterocycles. The maximum Gasteiger partial charge on any atom is 0.0638 e. The van der Waals surface area contributed by atoms with E-state index >= 15 is 0 Å². The molecule has 1 heterocycles. The maximum atomic E-state index is 8.63. The zero-order chi connectivity index (χ0) is 10.4. The number of ether oxygens (including phenoxy) is 1. The minimum atomic E-state index is 0.399. The van der Waals surface area contributed by atoms with E-state index in [-0.39, 0.29) is 0 Å². The molecule has 0 aromatic heterocycles. The molecule has 0 aliphatic carbocycles. The third-order valence-electron chi connectivity index (χ3n) is 3.05. The topological polar surface area (TPSA) is 36.3 Å². The van der Waals surface area contributed by atoms with Gasteiger partial charge in [-0.15, -0.1) is 0 Å². The predicted octanol–water partition coefficient (Wildman–Crippen LogP) is 1.79. The van der Waals surface area contributed by atoms with Crippen LogP contribution in [-0.2, 0) is 4.74 Å². The van der Waals surface area contributed by atoms with Crippen LogP contribution in [0.4, 0.5) is 0 Å². The number of nitriles is 1. The summed E-state index contributed by atoms with van der Waals surface area (Å²) in [6.07, 6.45) is 4.51. The Labute approximate surface area is 86.6 Å². The van der Waals surface area contributed by atoms with Gasteiger partial charge in [0.2, 0.25) is 0 Å². The molecule has 0 saturated carbocycles. The molecule has 0 aromatic carbocycles. The quantitative estimate of drug-likeness (QED) is 0.690. The highest BCUT2D eigenvalue weighted by molar-refractivity contribution is 4.81. The molecule has 2 unspecified atom stereocenters. The maximum absolute atomic E-state index is 8.63. The lowest BCUT2D eigenvalue weighted by molar-refractivity contribution is 0.0881. The Morgan fingerprint density at radius 1 is 1.50 bits per heavy atom. The lowest BCUT2D eigenvalue weighted by atomic mass is 10.2. The summed E-state index contributed by atoms with van der Waals surface area (Å²) < 4.78 is 5.37. The van der Waals surface area contributed by atoms with Gasteiger partial charge in [0.05, 0.1) is 18.6 Å². The van der Waals surface area contributed by atoms with Crippen molar-refractivity contribution >= 4 is 0 Å². The van der Waals surface area contributed by atoms with Crippen LogP contribution >= 0.6 is 0 Å². The number of nitrogens with zero attached hydrogens (tertiary/aromatic N) is 2. The van der Waals surface area contributed by atoms with Crippen LogP contribution in [0.5, 0.6) is 0 Å². The van der Waals surface area contributed by atoms with Crippen molar-refractivity contribution in [3.8, 4) is 6.07 Å². The zero-order valence-electron chi connectivity index (χ0n) is 9.20. The number of hydrogen-bond acceptors (Lipinski definition) is 3. The SMILES string of the molecule is COC1CCCN(C(C)CC#N)CC1. The molecule has 0 aromatic rings. The largest absolute Gasteiger partial charge is 0.381 e. The Morgan fingerprint density at radius 3 is 2.93 bits per heavy atom. The lowest BCUT2D eigenvalue weighted by Crippen LogP contribution is -2.34. The van der Waals surface area contributed by atoms with Crippen molar-refractivity contribution in [3.63, 3.8) is 0 Å². The van der Waals surface area contributed by atoms with E-state index in [0.29, 0.717) is 18.6 Å². The smallest absolute Gasteiger partial charge is 0.0638 e. The van der Waals surface area contributed by atoms with Crippen molar-refractivity contribution in [3.05, 3.63) is 0 Å². The highest BCUT2D eigenvalue weighted by atomic mass is 16.5. The van der Waals surface area contributed by atoms with Gasteiger partial charge in [0, 0.05) is 19.7 Å². The molecular weight excluding hydrogens is 176 g/mol. The van der Waals surface area contributed by atoms with Crippen molar-refractivity contribution < 1.29 is 4.74 Å². The third kappa shape index (κ3) is 3.28. The Balaban J connectivity index is 2.38. The first-order valence-corrected chi connectivity index (χ1v) is 5.41. The molecule has 1 fully saturated rings. The van der Waals surface area contributed by atoms with E-state index < -0.39 is 0 Å². The minimum Gasteiger partial charge on any atom is -0.381 e. The first-order chi connectivity index (χ1) is 6.77. The Morgan fingerprint density at radius 2 is 2.29 bits per heavy atom. The Kier molecular flexibility index (Phi) is 4.92. The average Bonchev–Trinajstić information content (AvgIpc) is 2.42. The molecule has 3 heteroatoms. The van der Waals surface area contributed by atoms with Crippen LogP contribution < -0.4 is 0 Å². The van der Waals surface area contributed by atoms with Crippen molar-refractivity contribution in [2.24, 2.45) is 0 Å². The van der Waals surface area contributed by atoms with Crippen LogP contribution in [0.2, 0.25) is 0 Å². The molecule has 0 bridgehead atoms. The van der Waals surface area contributed by atoms with Crippen molar-refractivity contribution in [1.29, 1.82) is 5.26 Å². The van der Waals surface area contributed by atoms with Gasteiger partial charge in [0.15, 0.2) is 0 Å². The van der Waals surface area contributed by atoms with Crippen LogP contribution in [0, 0.1) is 11.3 Å². The Bertz CT molecular complexity index is 200. The molecule has 1 saturated heterocycles. The van der Waals surface area contributed by atoms with E-state index in [4.69, 9.17) is 10.00 Å². The van der Waals surface area contributed by atoms with Crippen molar-refractivity contribution in [2.75, 3.05) is 20.2 Å². The highest BCUT2D eigenvalue weighted by Crippen LogP contribution is 2.16. The summed E-state index contributed by atoms with van der Waals surface area (Å²) in [5.41, 5.74) is 0. The third-order valence-corrected chi connectivity index (χ3v) is 3.05. The fourth-order valence-corrected chi connectivity index (χ4v) is 2.03.